The number of hydrogen-bond donors (Lipinski definition) is 0. The molecule has 156 valence electrons. The molecule has 4 rings (SSSR count). The lowest BCUT2D eigenvalue weighted by Gasteiger charge is -2.12. The van der Waals surface area contributed by atoms with Crippen molar-refractivity contribution in [3.63, 3.8) is 0 Å². The molecule has 0 aliphatic carbocycles. The summed E-state index contributed by atoms with van der Waals surface area (Å²) in [5.41, 5.74) is 1.28. The first kappa shape index (κ1) is 20.4. The molecule has 0 amide bonds. The molecular weight excluding hydrogens is 400 g/mol. The zero-order chi connectivity index (χ0) is 22.1. The summed E-state index contributed by atoms with van der Waals surface area (Å²) in [6.07, 6.45) is 1.48. The molecular formula is C24H19F2N3O2. The smallest absolute Gasteiger partial charge is 0.279 e. The number of hydroxylamine groups is 1. The van der Waals surface area contributed by atoms with E-state index in [2.05, 4.69) is 5.10 Å². The Morgan fingerprint density at radius 2 is 1.65 bits per heavy atom. The molecule has 0 fully saturated rings. The Bertz CT molecular complexity index is 1360. The van der Waals surface area contributed by atoms with Crippen LogP contribution in [0.5, 0.6) is 0 Å². The molecule has 0 unspecified atom stereocenters. The van der Waals surface area contributed by atoms with Crippen LogP contribution in [0.25, 0.3) is 27.7 Å². The van der Waals surface area contributed by atoms with Crippen molar-refractivity contribution in [1.29, 1.82) is 0 Å². The third kappa shape index (κ3) is 4.07. The van der Waals surface area contributed by atoms with Crippen molar-refractivity contribution in [2.24, 2.45) is 0 Å². The third-order valence-corrected chi connectivity index (χ3v) is 4.84. The lowest BCUT2D eigenvalue weighted by Crippen LogP contribution is -2.22. The van der Waals surface area contributed by atoms with Crippen LogP contribution in [-0.4, -0.2) is 26.8 Å². The first-order valence-corrected chi connectivity index (χ1v) is 9.73. The van der Waals surface area contributed by atoms with Crippen LogP contribution in [0.15, 0.2) is 71.5 Å². The van der Waals surface area contributed by atoms with Gasteiger partial charge in [0.1, 0.15) is 11.6 Å². The molecule has 4 aromatic rings. The van der Waals surface area contributed by atoms with E-state index in [1.165, 1.54) is 6.21 Å². The van der Waals surface area contributed by atoms with Crippen molar-refractivity contribution in [3.05, 3.63) is 99.5 Å². The lowest BCUT2D eigenvalue weighted by atomic mass is 10.0. The Kier molecular flexibility index (Phi) is 5.33. The molecule has 0 spiro atoms. The molecule has 0 atom stereocenters. The summed E-state index contributed by atoms with van der Waals surface area (Å²) in [7, 11) is 0. The quantitative estimate of drug-likeness (QED) is 0.209. The van der Waals surface area contributed by atoms with E-state index < -0.39 is 17.2 Å². The maximum absolute atomic E-state index is 13.8. The second-order valence-electron chi connectivity index (χ2n) is 7.45. The maximum Gasteiger partial charge on any atom is 0.279 e. The van der Waals surface area contributed by atoms with E-state index >= 15 is 0 Å². The summed E-state index contributed by atoms with van der Waals surface area (Å²) in [5.74, 6) is -1.61. The van der Waals surface area contributed by atoms with Gasteiger partial charge in [0.15, 0.2) is 12.3 Å². The van der Waals surface area contributed by atoms with Crippen molar-refractivity contribution in [2.75, 3.05) is 0 Å². The zero-order valence-electron chi connectivity index (χ0n) is 16.9. The second-order valence-corrected chi connectivity index (χ2v) is 7.45. The topological polar surface area (TPSA) is 61.0 Å². The van der Waals surface area contributed by atoms with Gasteiger partial charge >= 0.3 is 0 Å². The van der Waals surface area contributed by atoms with E-state index in [9.17, 15) is 18.8 Å². The number of fused-ring (bicyclic) bond motifs is 1. The van der Waals surface area contributed by atoms with Gasteiger partial charge in [-0.3, -0.25) is 4.79 Å². The molecule has 0 radical (unpaired) electrons. The predicted molar refractivity (Wildman–Crippen MR) is 117 cm³/mol. The standard InChI is InChI=1S/C24H19F2N3O2/c1-15(2)28(31)14-16-6-5-7-17(10-16)23-21-8-3-4-9-22(21)24(30)29(27-23)20-12-18(25)11-19(26)13-20/h3-15H,1-2H3/b28-14+. The van der Waals surface area contributed by atoms with Gasteiger partial charge in [-0.2, -0.15) is 9.78 Å². The number of aromatic nitrogens is 2. The number of halogens is 2. The Morgan fingerprint density at radius 1 is 0.968 bits per heavy atom. The first-order valence-electron chi connectivity index (χ1n) is 9.73. The molecule has 5 nitrogen and oxygen atoms in total. The Morgan fingerprint density at radius 3 is 2.32 bits per heavy atom. The fourth-order valence-electron chi connectivity index (χ4n) is 3.30. The van der Waals surface area contributed by atoms with Gasteiger partial charge in [0.05, 0.1) is 16.8 Å². The Labute approximate surface area is 177 Å². The van der Waals surface area contributed by atoms with Crippen LogP contribution in [-0.2, 0) is 0 Å². The van der Waals surface area contributed by atoms with Gasteiger partial charge < -0.3 is 5.21 Å². The van der Waals surface area contributed by atoms with Crippen molar-refractivity contribution < 1.29 is 13.5 Å². The Balaban J connectivity index is 1.98. The summed E-state index contributed by atoms with van der Waals surface area (Å²) >= 11 is 0. The highest BCUT2D eigenvalue weighted by atomic mass is 19.1. The Hall–Kier alpha value is -3.87. The molecule has 7 heteroatoms. The average Bonchev–Trinajstić information content (AvgIpc) is 2.73. The van der Waals surface area contributed by atoms with E-state index in [-0.39, 0.29) is 11.7 Å². The normalized spacial score (nSPS) is 12.0. The number of rotatable bonds is 4. The summed E-state index contributed by atoms with van der Waals surface area (Å²) in [6.45, 7) is 3.58. The minimum Gasteiger partial charge on any atom is -0.624 e. The lowest BCUT2D eigenvalue weighted by molar-refractivity contribution is -0.487. The van der Waals surface area contributed by atoms with Crippen LogP contribution in [0.1, 0.15) is 19.4 Å². The number of nitrogens with zero attached hydrogens (tertiary/aromatic N) is 3. The highest BCUT2D eigenvalue weighted by Crippen LogP contribution is 2.26. The second kappa shape index (κ2) is 8.10. The monoisotopic (exact) mass is 419 g/mol. The molecule has 0 bridgehead atoms. The number of benzene rings is 3. The molecule has 1 aromatic heterocycles. The van der Waals surface area contributed by atoms with Crippen molar-refractivity contribution >= 4 is 17.0 Å². The molecule has 31 heavy (non-hydrogen) atoms. The van der Waals surface area contributed by atoms with Gasteiger partial charge in [0.25, 0.3) is 5.56 Å². The van der Waals surface area contributed by atoms with Gasteiger partial charge in [0, 0.05) is 22.6 Å². The molecule has 0 aliphatic rings. The fraction of sp³-hybridized carbons (Fsp3) is 0.125. The first-order chi connectivity index (χ1) is 14.8. The van der Waals surface area contributed by atoms with Crippen LogP contribution >= 0.6 is 0 Å². The summed E-state index contributed by atoms with van der Waals surface area (Å²) in [5, 5.41) is 17.5. The SMILES string of the molecule is CC(C)/[N+]([O-])=C\c1cccc(-c2nn(-c3cc(F)cc(F)c3)c(=O)c3ccccc23)c1. The minimum atomic E-state index is -0.806. The summed E-state index contributed by atoms with van der Waals surface area (Å²) in [4.78, 5) is 13.0. The minimum absolute atomic E-state index is 0.0113. The fourth-order valence-corrected chi connectivity index (χ4v) is 3.30. The van der Waals surface area contributed by atoms with E-state index in [0.29, 0.717) is 27.6 Å². The summed E-state index contributed by atoms with van der Waals surface area (Å²) in [6, 6.07) is 16.7. The van der Waals surface area contributed by atoms with Gasteiger partial charge in [-0.25, -0.2) is 13.5 Å². The zero-order valence-corrected chi connectivity index (χ0v) is 16.9. The van der Waals surface area contributed by atoms with Gasteiger partial charge in [-0.05, 0) is 44.2 Å². The van der Waals surface area contributed by atoms with E-state index in [1.54, 1.807) is 62.4 Å². The maximum atomic E-state index is 13.8. The summed E-state index contributed by atoms with van der Waals surface area (Å²) < 4.78 is 29.4. The average molecular weight is 419 g/mol. The van der Waals surface area contributed by atoms with Crippen LogP contribution in [0.2, 0.25) is 0 Å². The number of hydrogen-bond acceptors (Lipinski definition) is 3. The van der Waals surface area contributed by atoms with Crippen molar-refractivity contribution in [1.82, 2.24) is 9.78 Å². The molecule has 3 aromatic carbocycles. The highest BCUT2D eigenvalue weighted by Gasteiger charge is 2.15. The predicted octanol–water partition coefficient (Wildman–Crippen LogP) is 4.67. The van der Waals surface area contributed by atoms with Crippen molar-refractivity contribution in [2.45, 2.75) is 19.9 Å². The van der Waals surface area contributed by atoms with Crippen molar-refractivity contribution in [3.8, 4) is 16.9 Å². The molecule has 1 heterocycles. The third-order valence-electron chi connectivity index (χ3n) is 4.84. The van der Waals surface area contributed by atoms with Gasteiger partial charge in [-0.15, -0.1) is 0 Å². The highest BCUT2D eigenvalue weighted by molar-refractivity contribution is 5.94. The molecule has 0 saturated carbocycles. The van der Waals surface area contributed by atoms with Crippen LogP contribution in [0.3, 0.4) is 0 Å². The molecule has 0 aliphatic heterocycles. The van der Waals surface area contributed by atoms with Crippen LogP contribution in [0, 0.1) is 16.8 Å². The van der Waals surface area contributed by atoms with Gasteiger partial charge in [0.2, 0.25) is 0 Å². The largest absolute Gasteiger partial charge is 0.624 e. The van der Waals surface area contributed by atoms with E-state index in [0.717, 1.165) is 27.6 Å². The van der Waals surface area contributed by atoms with E-state index in [4.69, 9.17) is 0 Å². The van der Waals surface area contributed by atoms with Crippen LogP contribution < -0.4 is 5.56 Å². The van der Waals surface area contributed by atoms with Gasteiger partial charge in [-0.1, -0.05) is 30.3 Å². The molecule has 0 N–H and O–H groups in total. The van der Waals surface area contributed by atoms with E-state index in [1.807, 2.05) is 0 Å². The molecule has 0 saturated heterocycles. The van der Waals surface area contributed by atoms with Crippen LogP contribution in [0.4, 0.5) is 8.78 Å².